The topological polar surface area (TPSA) is 101 Å². The van der Waals surface area contributed by atoms with Crippen molar-refractivity contribution in [3.8, 4) is 0 Å². The molecule has 0 aliphatic heterocycles. The van der Waals surface area contributed by atoms with Crippen molar-refractivity contribution < 1.29 is 10.2 Å². The smallest absolute Gasteiger partial charge is 0.208 e. The normalized spacial score (nSPS) is 48.2. The molecular formula is C24H40N4O2. The van der Waals surface area contributed by atoms with Crippen molar-refractivity contribution in [2.75, 3.05) is 7.05 Å². The maximum Gasteiger partial charge on any atom is 0.208 e. The predicted molar refractivity (Wildman–Crippen MR) is 120 cm³/mol. The average molecular weight is 417 g/mol. The molecule has 0 aromatic rings. The highest BCUT2D eigenvalue weighted by atomic mass is 16.3. The lowest BCUT2D eigenvalue weighted by Gasteiger charge is -2.63. The number of hydrazone groups is 1. The number of rotatable bonds is 3. The summed E-state index contributed by atoms with van der Waals surface area (Å²) < 4.78 is 0. The highest BCUT2D eigenvalue weighted by Crippen LogP contribution is 2.69. The van der Waals surface area contributed by atoms with Crippen molar-refractivity contribution in [3.05, 3.63) is 12.2 Å². The average Bonchev–Trinajstić information content (AvgIpc) is 2.99. The zero-order chi connectivity index (χ0) is 21.6. The third kappa shape index (κ3) is 3.31. The van der Waals surface area contributed by atoms with Gasteiger partial charge >= 0.3 is 0 Å². The second-order valence-corrected chi connectivity index (χ2v) is 10.8. The summed E-state index contributed by atoms with van der Waals surface area (Å²) in [7, 11) is 1.68. The van der Waals surface area contributed by atoms with Crippen LogP contribution in [0.15, 0.2) is 17.3 Å². The van der Waals surface area contributed by atoms with Gasteiger partial charge in [-0.25, -0.2) is 5.43 Å². The molecule has 4 rings (SSSR count). The van der Waals surface area contributed by atoms with Gasteiger partial charge in [-0.15, -0.1) is 0 Å². The van der Waals surface area contributed by atoms with E-state index in [4.69, 9.17) is 5.41 Å². The SMILES string of the molecule is CNC(=N)N/N=C/C=C/[C@H]1CC[C@]2(O)[C@@H]3CC[C@@H]4C[C@@H](O)CC[C@]4(C)[C@H]3CC[C@]12C. The number of guanidine groups is 1. The summed E-state index contributed by atoms with van der Waals surface area (Å²) in [5, 5.41) is 36.6. The third-order valence-corrected chi connectivity index (χ3v) is 9.83. The van der Waals surface area contributed by atoms with Crippen molar-refractivity contribution in [1.82, 2.24) is 10.7 Å². The molecule has 6 nitrogen and oxygen atoms in total. The van der Waals surface area contributed by atoms with Gasteiger partial charge < -0.3 is 15.5 Å². The van der Waals surface area contributed by atoms with Crippen molar-refractivity contribution in [3.63, 3.8) is 0 Å². The molecule has 0 bridgehead atoms. The Bertz CT molecular complexity index is 724. The molecule has 0 aromatic carbocycles. The van der Waals surface area contributed by atoms with Crippen LogP contribution in [0.4, 0.5) is 0 Å². The Labute approximate surface area is 181 Å². The summed E-state index contributed by atoms with van der Waals surface area (Å²) >= 11 is 0. The molecule has 4 fully saturated rings. The number of aliphatic hydroxyl groups excluding tert-OH is 1. The van der Waals surface area contributed by atoms with Gasteiger partial charge in [-0.05, 0) is 93.0 Å². The quantitative estimate of drug-likeness (QED) is 0.276. The maximum absolute atomic E-state index is 12.1. The fourth-order valence-corrected chi connectivity index (χ4v) is 7.94. The zero-order valence-electron chi connectivity index (χ0n) is 18.8. The van der Waals surface area contributed by atoms with Crippen LogP contribution in [-0.2, 0) is 0 Å². The van der Waals surface area contributed by atoms with E-state index < -0.39 is 5.60 Å². The van der Waals surface area contributed by atoms with E-state index in [0.717, 1.165) is 51.4 Å². The largest absolute Gasteiger partial charge is 0.393 e. The van der Waals surface area contributed by atoms with Gasteiger partial charge in [-0.1, -0.05) is 19.9 Å². The first kappa shape index (κ1) is 21.8. The van der Waals surface area contributed by atoms with Gasteiger partial charge in [0, 0.05) is 18.7 Å². The van der Waals surface area contributed by atoms with Crippen LogP contribution in [0.1, 0.15) is 71.6 Å². The van der Waals surface area contributed by atoms with Gasteiger partial charge in [0.05, 0.1) is 11.7 Å². The Morgan fingerprint density at radius 3 is 2.63 bits per heavy atom. The van der Waals surface area contributed by atoms with Gasteiger partial charge in [0.25, 0.3) is 0 Å². The highest BCUT2D eigenvalue weighted by Gasteiger charge is 2.66. The van der Waals surface area contributed by atoms with Gasteiger partial charge in [-0.3, -0.25) is 5.41 Å². The van der Waals surface area contributed by atoms with E-state index >= 15 is 0 Å². The Hall–Kier alpha value is -1.40. The summed E-state index contributed by atoms with van der Waals surface area (Å²) in [5.74, 6) is 2.12. The highest BCUT2D eigenvalue weighted by molar-refractivity contribution is 5.78. The summed E-state index contributed by atoms with van der Waals surface area (Å²) in [6.07, 6.45) is 15.2. The first-order chi connectivity index (χ1) is 14.2. The van der Waals surface area contributed by atoms with Crippen molar-refractivity contribution in [2.24, 2.45) is 39.6 Å². The van der Waals surface area contributed by atoms with Crippen LogP contribution in [0.2, 0.25) is 0 Å². The number of fused-ring (bicyclic) bond motifs is 5. The molecule has 168 valence electrons. The van der Waals surface area contributed by atoms with Gasteiger partial charge in [0.1, 0.15) is 0 Å². The molecule has 5 N–H and O–H groups in total. The lowest BCUT2D eigenvalue weighted by molar-refractivity contribution is -0.207. The molecule has 6 heteroatoms. The number of hydrogen-bond acceptors (Lipinski definition) is 4. The molecule has 4 aliphatic rings. The molecule has 0 unspecified atom stereocenters. The van der Waals surface area contributed by atoms with Gasteiger partial charge in [0.2, 0.25) is 5.96 Å². The van der Waals surface area contributed by atoms with E-state index in [0.29, 0.717) is 23.7 Å². The minimum absolute atomic E-state index is 0.0823. The number of hydrogen-bond donors (Lipinski definition) is 5. The summed E-state index contributed by atoms with van der Waals surface area (Å²) in [6.45, 7) is 4.78. The fraction of sp³-hybridized carbons (Fsp3) is 0.833. The molecule has 4 aliphatic carbocycles. The standard InChI is InChI=1S/C24H40N4O2/c1-22-11-9-18(29)15-17(22)6-7-20-19(22)10-12-23(2)16(8-13-24(20,23)30)5-4-14-27-28-21(25)26-3/h4-5,14,16-20,29-30H,6-13,15H2,1-3H3,(H3,25,26,28)/b5-4+,27-14+/t16-,17+,18-,19-,20+,22-,23+,24-/m0/s1. The number of aliphatic hydroxyl groups is 2. The second-order valence-electron chi connectivity index (χ2n) is 10.8. The minimum atomic E-state index is -0.585. The molecule has 0 aromatic heterocycles. The van der Waals surface area contributed by atoms with Crippen LogP contribution in [0.25, 0.3) is 0 Å². The second kappa shape index (κ2) is 7.94. The van der Waals surface area contributed by atoms with E-state index in [2.05, 4.69) is 35.8 Å². The molecule has 30 heavy (non-hydrogen) atoms. The Kier molecular flexibility index (Phi) is 5.77. The van der Waals surface area contributed by atoms with Gasteiger partial charge in [0.15, 0.2) is 0 Å². The van der Waals surface area contributed by atoms with Crippen molar-refractivity contribution >= 4 is 12.2 Å². The number of nitrogens with zero attached hydrogens (tertiary/aromatic N) is 1. The molecule has 0 heterocycles. The zero-order valence-corrected chi connectivity index (χ0v) is 18.8. The Balaban J connectivity index is 1.50. The fourth-order valence-electron chi connectivity index (χ4n) is 7.94. The number of allylic oxidation sites excluding steroid dienone is 2. The molecule has 0 radical (unpaired) electrons. The number of nitrogens with one attached hydrogen (secondary N) is 3. The van der Waals surface area contributed by atoms with E-state index in [1.54, 1.807) is 13.3 Å². The van der Waals surface area contributed by atoms with Crippen molar-refractivity contribution in [1.29, 1.82) is 5.41 Å². The van der Waals surface area contributed by atoms with Crippen LogP contribution in [-0.4, -0.2) is 41.1 Å². The van der Waals surface area contributed by atoms with E-state index in [-0.39, 0.29) is 22.9 Å². The van der Waals surface area contributed by atoms with Crippen LogP contribution in [0, 0.1) is 39.9 Å². The summed E-state index contributed by atoms with van der Waals surface area (Å²) in [4.78, 5) is 0. The lowest BCUT2D eigenvalue weighted by atomic mass is 9.43. The molecule has 0 amide bonds. The van der Waals surface area contributed by atoms with Crippen LogP contribution in [0.5, 0.6) is 0 Å². The Morgan fingerprint density at radius 2 is 1.87 bits per heavy atom. The van der Waals surface area contributed by atoms with Crippen LogP contribution < -0.4 is 10.7 Å². The van der Waals surface area contributed by atoms with Gasteiger partial charge in [-0.2, -0.15) is 5.10 Å². The van der Waals surface area contributed by atoms with Crippen LogP contribution in [0.3, 0.4) is 0 Å². The Morgan fingerprint density at radius 1 is 1.07 bits per heavy atom. The summed E-state index contributed by atoms with van der Waals surface area (Å²) in [5.41, 5.74) is 2.24. The molecule has 0 saturated heterocycles. The lowest BCUT2D eigenvalue weighted by Crippen LogP contribution is -2.62. The first-order valence-electron chi connectivity index (χ1n) is 11.9. The van der Waals surface area contributed by atoms with Crippen LogP contribution >= 0.6 is 0 Å². The maximum atomic E-state index is 12.1. The summed E-state index contributed by atoms with van der Waals surface area (Å²) in [6, 6.07) is 0. The van der Waals surface area contributed by atoms with E-state index in [1.807, 2.05) is 6.08 Å². The molecule has 8 atom stereocenters. The third-order valence-electron chi connectivity index (χ3n) is 9.83. The van der Waals surface area contributed by atoms with Crippen molar-refractivity contribution in [2.45, 2.75) is 83.3 Å². The molecule has 4 saturated carbocycles. The monoisotopic (exact) mass is 416 g/mol. The predicted octanol–water partition coefficient (Wildman–Crippen LogP) is 3.41. The van der Waals surface area contributed by atoms with E-state index in [1.165, 1.54) is 6.42 Å². The molecular weight excluding hydrogens is 376 g/mol. The van der Waals surface area contributed by atoms with E-state index in [9.17, 15) is 10.2 Å². The molecule has 0 spiro atoms. The first-order valence-corrected chi connectivity index (χ1v) is 11.9. The minimum Gasteiger partial charge on any atom is -0.393 e.